The smallest absolute Gasteiger partial charge is 0.227 e. The number of carbonyl (C=O) groups is 1. The molecule has 7 rings (SSSR count). The molecule has 3 heterocycles. The second-order valence-corrected chi connectivity index (χ2v) is 13.5. The van der Waals surface area contributed by atoms with E-state index in [-0.39, 0.29) is 24.0 Å². The molecule has 0 unspecified atom stereocenters. The number of H-pyrrole nitrogens is 2. The van der Waals surface area contributed by atoms with Crippen LogP contribution in [0.25, 0.3) is 55.4 Å². The maximum absolute atomic E-state index is 14.6. The Bertz CT molecular complexity index is 2150. The maximum Gasteiger partial charge on any atom is 0.227 e. The van der Waals surface area contributed by atoms with Crippen LogP contribution in [0.5, 0.6) is 0 Å². The Kier molecular flexibility index (Phi) is 6.58. The number of sulfone groups is 1. The van der Waals surface area contributed by atoms with E-state index in [9.17, 15) is 17.6 Å². The Morgan fingerprint density at radius 2 is 1.81 bits per heavy atom. The first-order valence-corrected chi connectivity index (χ1v) is 16.1. The van der Waals surface area contributed by atoms with Crippen LogP contribution in [0.3, 0.4) is 0 Å². The van der Waals surface area contributed by atoms with Crippen molar-refractivity contribution in [1.82, 2.24) is 20.2 Å². The van der Waals surface area contributed by atoms with E-state index in [1.807, 2.05) is 54.6 Å². The van der Waals surface area contributed by atoms with E-state index in [0.717, 1.165) is 62.7 Å². The van der Waals surface area contributed by atoms with Gasteiger partial charge in [0, 0.05) is 40.2 Å². The molecule has 0 radical (unpaired) electrons. The van der Waals surface area contributed by atoms with Gasteiger partial charge in [0.15, 0.2) is 0 Å². The first kappa shape index (κ1) is 27.0. The lowest BCUT2D eigenvalue weighted by molar-refractivity contribution is -0.117. The molecule has 3 aromatic heterocycles. The van der Waals surface area contributed by atoms with Gasteiger partial charge in [0.1, 0.15) is 21.3 Å². The number of benzene rings is 3. The van der Waals surface area contributed by atoms with Crippen LogP contribution < -0.4 is 5.32 Å². The lowest BCUT2D eigenvalue weighted by Gasteiger charge is -2.08. The van der Waals surface area contributed by atoms with Crippen LogP contribution in [0.15, 0.2) is 79.1 Å². The van der Waals surface area contributed by atoms with Crippen molar-refractivity contribution in [2.24, 2.45) is 5.92 Å². The molecule has 0 saturated heterocycles. The Hall–Kier alpha value is -4.83. The van der Waals surface area contributed by atoms with Crippen LogP contribution in [0, 0.1) is 11.7 Å². The molecule has 1 fully saturated rings. The lowest BCUT2D eigenvalue weighted by Crippen LogP contribution is -2.13. The number of fused-ring (bicyclic) bond motifs is 2. The minimum Gasteiger partial charge on any atom is -0.353 e. The van der Waals surface area contributed by atoms with Gasteiger partial charge < -0.3 is 10.3 Å². The SMILES string of the molecule is CS(=O)(=O)CCc1cc(F)cc(-c2cccc3[nH]c(-c4n[nH]c5ccc(-c6cncc(NC(=O)C7CC7)c6)cc45)cc23)c1. The zero-order chi connectivity index (χ0) is 29.7. The summed E-state index contributed by atoms with van der Waals surface area (Å²) in [6, 6.07) is 20.4. The number of aryl methyl sites for hydroxylation is 1. The van der Waals surface area contributed by atoms with Gasteiger partial charge in [-0.25, -0.2) is 12.8 Å². The number of amides is 1. The van der Waals surface area contributed by atoms with Crippen LogP contribution in [0.1, 0.15) is 18.4 Å². The van der Waals surface area contributed by atoms with Crippen LogP contribution in [0.4, 0.5) is 10.1 Å². The lowest BCUT2D eigenvalue weighted by atomic mass is 9.98. The van der Waals surface area contributed by atoms with E-state index in [0.29, 0.717) is 16.8 Å². The quantitative estimate of drug-likeness (QED) is 0.186. The molecule has 1 saturated carbocycles. The fourth-order valence-electron chi connectivity index (χ4n) is 5.44. The highest BCUT2D eigenvalue weighted by molar-refractivity contribution is 7.90. The summed E-state index contributed by atoms with van der Waals surface area (Å²) in [6.07, 6.45) is 6.71. The van der Waals surface area contributed by atoms with Crippen molar-refractivity contribution in [3.05, 3.63) is 90.5 Å². The maximum atomic E-state index is 14.6. The summed E-state index contributed by atoms with van der Waals surface area (Å²) in [4.78, 5) is 20.1. The molecule has 1 aliphatic rings. The standard InChI is InChI=1S/C33H28FN5O3S/c1-43(41,42)10-9-19-11-22(13-24(34)12-19)26-3-2-4-29-27(26)16-31(37-29)32-28-15-21(7-8-30(28)38-39-32)23-14-25(18-35-17-23)36-33(40)20-5-6-20/h2-4,7-8,11-18,20,37H,5-6,9-10H2,1H3,(H,36,40)(H,38,39). The van der Waals surface area contributed by atoms with Crippen LogP contribution in [-0.4, -0.2) is 46.5 Å². The van der Waals surface area contributed by atoms with Gasteiger partial charge in [0.25, 0.3) is 0 Å². The summed E-state index contributed by atoms with van der Waals surface area (Å²) in [5.41, 5.74) is 7.87. The number of aromatic nitrogens is 4. The summed E-state index contributed by atoms with van der Waals surface area (Å²) in [5, 5.41) is 12.5. The molecule has 0 spiro atoms. The zero-order valence-electron chi connectivity index (χ0n) is 23.3. The summed E-state index contributed by atoms with van der Waals surface area (Å²) in [7, 11) is -3.17. The molecule has 3 aromatic carbocycles. The molecule has 6 aromatic rings. The Morgan fingerprint density at radius 3 is 2.63 bits per heavy atom. The molecular weight excluding hydrogens is 565 g/mol. The normalized spacial score (nSPS) is 13.5. The highest BCUT2D eigenvalue weighted by Crippen LogP contribution is 2.36. The number of anilines is 1. The monoisotopic (exact) mass is 593 g/mol. The van der Waals surface area contributed by atoms with Crippen molar-refractivity contribution < 1.29 is 17.6 Å². The van der Waals surface area contributed by atoms with Gasteiger partial charge in [-0.2, -0.15) is 5.10 Å². The number of carbonyl (C=O) groups excluding carboxylic acids is 1. The molecule has 1 aliphatic carbocycles. The van der Waals surface area contributed by atoms with Crippen molar-refractivity contribution >= 4 is 43.2 Å². The summed E-state index contributed by atoms with van der Waals surface area (Å²) in [5.74, 6) is -0.315. The van der Waals surface area contributed by atoms with Crippen LogP contribution in [0.2, 0.25) is 0 Å². The fourth-order valence-corrected chi connectivity index (χ4v) is 6.05. The van der Waals surface area contributed by atoms with Gasteiger partial charge in [-0.3, -0.25) is 14.9 Å². The Balaban J connectivity index is 1.25. The van der Waals surface area contributed by atoms with Crippen molar-refractivity contribution in [1.29, 1.82) is 0 Å². The Morgan fingerprint density at radius 1 is 0.953 bits per heavy atom. The second kappa shape index (κ2) is 10.5. The van der Waals surface area contributed by atoms with Crippen molar-refractivity contribution in [2.75, 3.05) is 17.3 Å². The number of hydrogen-bond donors (Lipinski definition) is 3. The number of rotatable bonds is 8. The van der Waals surface area contributed by atoms with Crippen LogP contribution in [-0.2, 0) is 21.1 Å². The molecular formula is C33H28FN5O3S. The van der Waals surface area contributed by atoms with Gasteiger partial charge in [-0.15, -0.1) is 0 Å². The number of pyridine rings is 1. The van der Waals surface area contributed by atoms with Gasteiger partial charge in [-0.1, -0.05) is 24.3 Å². The molecule has 216 valence electrons. The Labute approximate surface area is 247 Å². The van der Waals surface area contributed by atoms with Crippen molar-refractivity contribution in [3.8, 4) is 33.6 Å². The summed E-state index contributed by atoms with van der Waals surface area (Å²) < 4.78 is 38.0. The highest BCUT2D eigenvalue weighted by atomic mass is 32.2. The van der Waals surface area contributed by atoms with Gasteiger partial charge in [-0.05, 0) is 84.0 Å². The predicted octanol–water partition coefficient (Wildman–Crippen LogP) is 6.51. The number of halogens is 1. The molecule has 43 heavy (non-hydrogen) atoms. The van der Waals surface area contributed by atoms with E-state index < -0.39 is 15.7 Å². The first-order valence-electron chi connectivity index (χ1n) is 14.0. The predicted molar refractivity (Wildman–Crippen MR) is 167 cm³/mol. The number of nitrogens with one attached hydrogen (secondary N) is 3. The third-order valence-corrected chi connectivity index (χ3v) is 8.75. The summed E-state index contributed by atoms with van der Waals surface area (Å²) in [6.45, 7) is 0. The largest absolute Gasteiger partial charge is 0.353 e. The van der Waals surface area contributed by atoms with E-state index in [1.165, 1.54) is 18.4 Å². The third kappa shape index (κ3) is 5.65. The average Bonchev–Trinajstić information content (AvgIpc) is 3.61. The molecule has 1 amide bonds. The van der Waals surface area contributed by atoms with E-state index in [2.05, 4.69) is 25.5 Å². The van der Waals surface area contributed by atoms with Gasteiger partial charge in [0.05, 0.1) is 28.8 Å². The van der Waals surface area contributed by atoms with Crippen molar-refractivity contribution in [3.63, 3.8) is 0 Å². The highest BCUT2D eigenvalue weighted by Gasteiger charge is 2.29. The number of hydrogen-bond acceptors (Lipinski definition) is 5. The van der Waals surface area contributed by atoms with Crippen molar-refractivity contribution in [2.45, 2.75) is 19.3 Å². The fraction of sp³-hybridized carbons (Fsp3) is 0.182. The number of aromatic amines is 2. The zero-order valence-corrected chi connectivity index (χ0v) is 24.1. The minimum atomic E-state index is -3.17. The third-order valence-electron chi connectivity index (χ3n) is 7.80. The molecule has 3 N–H and O–H groups in total. The minimum absolute atomic E-state index is 0.0353. The van der Waals surface area contributed by atoms with Crippen LogP contribution >= 0.6 is 0 Å². The molecule has 0 atom stereocenters. The van der Waals surface area contributed by atoms with Gasteiger partial charge >= 0.3 is 0 Å². The first-order chi connectivity index (χ1) is 20.7. The van der Waals surface area contributed by atoms with E-state index >= 15 is 0 Å². The topological polar surface area (TPSA) is 121 Å². The second-order valence-electron chi connectivity index (χ2n) is 11.2. The molecule has 8 nitrogen and oxygen atoms in total. The molecule has 0 bridgehead atoms. The molecule has 0 aliphatic heterocycles. The summed E-state index contributed by atoms with van der Waals surface area (Å²) >= 11 is 0. The molecule has 10 heteroatoms. The van der Waals surface area contributed by atoms with E-state index in [1.54, 1.807) is 12.4 Å². The number of nitrogens with zero attached hydrogens (tertiary/aromatic N) is 2. The van der Waals surface area contributed by atoms with E-state index in [4.69, 9.17) is 0 Å². The average molecular weight is 594 g/mol. The van der Waals surface area contributed by atoms with Gasteiger partial charge in [0.2, 0.25) is 5.91 Å².